The third kappa shape index (κ3) is 6.61. The van der Waals surface area contributed by atoms with E-state index in [2.05, 4.69) is 37.7 Å². The van der Waals surface area contributed by atoms with Gasteiger partial charge in [0.1, 0.15) is 17.1 Å². The molecule has 5 rings (SSSR count). The number of likely N-dealkylation sites (N-methyl/N-ethyl adjacent to an activating group) is 1. The Morgan fingerprint density at radius 3 is 2.25 bits per heavy atom. The van der Waals surface area contributed by atoms with Gasteiger partial charge in [-0.2, -0.15) is 0 Å². The molecule has 0 bridgehead atoms. The first-order valence-corrected chi connectivity index (χ1v) is 12.9. The number of nitrogen functional groups attached to an aromatic ring is 1. The molecule has 2 aromatic heterocycles. The molecule has 3 heterocycles. The van der Waals surface area contributed by atoms with E-state index in [4.69, 9.17) is 15.2 Å². The third-order valence-electron chi connectivity index (χ3n) is 6.78. The van der Waals surface area contributed by atoms with Crippen LogP contribution < -0.4 is 15.2 Å². The number of hydrogen-bond acceptors (Lipinski definition) is 9. The van der Waals surface area contributed by atoms with E-state index in [1.807, 2.05) is 12.3 Å². The molecular weight excluding hydrogens is 515 g/mol. The summed E-state index contributed by atoms with van der Waals surface area (Å²) in [5.41, 5.74) is 7.87. The van der Waals surface area contributed by atoms with Crippen molar-refractivity contribution in [3.8, 4) is 22.6 Å². The van der Waals surface area contributed by atoms with Crippen LogP contribution in [-0.2, 0) is 6.54 Å². The highest BCUT2D eigenvalue weighted by Gasteiger charge is 2.20. The van der Waals surface area contributed by atoms with Crippen LogP contribution in [0.5, 0.6) is 11.5 Å². The van der Waals surface area contributed by atoms with E-state index in [1.165, 1.54) is 69.5 Å². The number of aromatic carboxylic acids is 1. The Bertz CT molecular complexity index is 1460. The van der Waals surface area contributed by atoms with E-state index < -0.39 is 11.8 Å². The van der Waals surface area contributed by atoms with Crippen molar-refractivity contribution in [2.45, 2.75) is 13.5 Å². The molecule has 1 aliphatic rings. The van der Waals surface area contributed by atoms with Gasteiger partial charge in [-0.1, -0.05) is 19.1 Å². The molecule has 2 aromatic carbocycles. The molecule has 1 aliphatic heterocycles. The highest BCUT2D eigenvalue weighted by atomic mass is 19.1. The van der Waals surface area contributed by atoms with E-state index in [-0.39, 0.29) is 27.9 Å². The van der Waals surface area contributed by atoms with Gasteiger partial charge >= 0.3 is 5.97 Å². The first-order chi connectivity index (χ1) is 19.3. The lowest BCUT2D eigenvalue weighted by Gasteiger charge is -2.33. The largest absolute Gasteiger partial charge is 0.497 e. The highest BCUT2D eigenvalue weighted by Crippen LogP contribution is 2.37. The van der Waals surface area contributed by atoms with Crippen molar-refractivity contribution in [1.29, 1.82) is 0 Å². The number of carbonyl (C=O) groups is 1. The summed E-state index contributed by atoms with van der Waals surface area (Å²) in [5.74, 6) is -0.699. The SMILES string of the molecule is CCN1CCN(Cc2ccc(N)nc2)CC1.COc1cc(OC)c(F)c(-c2ccc(C(=O)O)c3nccnc23)c1. The van der Waals surface area contributed by atoms with Gasteiger partial charge in [-0.25, -0.2) is 14.2 Å². The number of nitrogens with two attached hydrogens (primary N) is 1. The molecule has 3 N–H and O–H groups in total. The molecule has 11 heteroatoms. The summed E-state index contributed by atoms with van der Waals surface area (Å²) in [5, 5.41) is 9.28. The molecule has 1 saturated heterocycles. The lowest BCUT2D eigenvalue weighted by molar-refractivity contribution is 0.0699. The van der Waals surface area contributed by atoms with Gasteiger partial charge in [-0.3, -0.25) is 14.9 Å². The average molecular weight is 549 g/mol. The Morgan fingerprint density at radius 1 is 0.950 bits per heavy atom. The molecule has 4 aromatic rings. The topological polar surface area (TPSA) is 127 Å². The minimum atomic E-state index is -1.13. The summed E-state index contributed by atoms with van der Waals surface area (Å²) < 4.78 is 24.9. The third-order valence-corrected chi connectivity index (χ3v) is 6.78. The van der Waals surface area contributed by atoms with E-state index >= 15 is 0 Å². The number of hydrogen-bond donors (Lipinski definition) is 2. The minimum absolute atomic E-state index is 0.00267. The molecule has 40 heavy (non-hydrogen) atoms. The number of anilines is 1. The van der Waals surface area contributed by atoms with Crippen LogP contribution in [0, 0.1) is 5.82 Å². The highest BCUT2D eigenvalue weighted by molar-refractivity contribution is 6.05. The lowest BCUT2D eigenvalue weighted by Crippen LogP contribution is -2.45. The number of halogens is 1. The second kappa shape index (κ2) is 13.1. The van der Waals surface area contributed by atoms with Gasteiger partial charge in [0.05, 0.1) is 25.3 Å². The monoisotopic (exact) mass is 548 g/mol. The molecule has 0 saturated carbocycles. The van der Waals surface area contributed by atoms with E-state index in [9.17, 15) is 14.3 Å². The maximum atomic E-state index is 14.7. The van der Waals surface area contributed by atoms with E-state index in [0.29, 0.717) is 17.1 Å². The number of piperazine rings is 1. The fourth-order valence-electron chi connectivity index (χ4n) is 4.53. The van der Waals surface area contributed by atoms with Crippen LogP contribution in [0.25, 0.3) is 22.2 Å². The number of methoxy groups -OCH3 is 2. The molecule has 0 amide bonds. The second-order valence-electron chi connectivity index (χ2n) is 9.21. The van der Waals surface area contributed by atoms with Crippen molar-refractivity contribution >= 4 is 22.8 Å². The summed E-state index contributed by atoms with van der Waals surface area (Å²) in [6.07, 6.45) is 4.69. The molecule has 0 spiro atoms. The van der Waals surface area contributed by atoms with Gasteiger partial charge < -0.3 is 25.2 Å². The lowest BCUT2D eigenvalue weighted by atomic mass is 10.00. The number of ether oxygens (including phenoxy) is 2. The minimum Gasteiger partial charge on any atom is -0.497 e. The van der Waals surface area contributed by atoms with Gasteiger partial charge in [0, 0.05) is 68.5 Å². The van der Waals surface area contributed by atoms with Crippen molar-refractivity contribution in [2.24, 2.45) is 0 Å². The molecule has 0 aliphatic carbocycles. The molecule has 0 unspecified atom stereocenters. The first kappa shape index (κ1) is 28.7. The van der Waals surface area contributed by atoms with Gasteiger partial charge in [-0.05, 0) is 30.3 Å². The Morgan fingerprint density at radius 2 is 1.65 bits per heavy atom. The summed E-state index contributed by atoms with van der Waals surface area (Å²) in [4.78, 5) is 28.7. The number of fused-ring (bicyclic) bond motifs is 1. The Balaban J connectivity index is 0.000000201. The summed E-state index contributed by atoms with van der Waals surface area (Å²) >= 11 is 0. The standard InChI is InChI=1S/C17H13FN2O4.C12H20N4/c1-23-9-7-12(14(18)13(8-9)24-2)10-3-4-11(17(21)22)16-15(10)19-5-6-20-16;1-2-15-5-7-16(8-6-15)10-11-3-4-12(13)14-9-11/h3-8H,1-2H3,(H,21,22);3-4,9H,2,5-8,10H2,1H3,(H2,13,14). The van der Waals surface area contributed by atoms with Crippen LogP contribution in [0.4, 0.5) is 10.2 Å². The van der Waals surface area contributed by atoms with Gasteiger partial charge in [0.15, 0.2) is 11.6 Å². The van der Waals surface area contributed by atoms with Crippen LogP contribution in [0.3, 0.4) is 0 Å². The van der Waals surface area contributed by atoms with Crippen molar-refractivity contribution in [3.63, 3.8) is 0 Å². The quantitative estimate of drug-likeness (QED) is 0.350. The zero-order valence-corrected chi connectivity index (χ0v) is 22.8. The van der Waals surface area contributed by atoms with Crippen LogP contribution >= 0.6 is 0 Å². The number of aromatic nitrogens is 3. The second-order valence-corrected chi connectivity index (χ2v) is 9.21. The van der Waals surface area contributed by atoms with Gasteiger partial charge in [0.2, 0.25) is 0 Å². The van der Waals surface area contributed by atoms with Crippen molar-refractivity contribution < 1.29 is 23.8 Å². The molecule has 10 nitrogen and oxygen atoms in total. The number of carboxylic acid groups (broad SMARTS) is 1. The van der Waals surface area contributed by atoms with Crippen molar-refractivity contribution in [2.75, 3.05) is 52.7 Å². The predicted molar refractivity (Wildman–Crippen MR) is 151 cm³/mol. The Labute approximate surface area is 232 Å². The van der Waals surface area contributed by atoms with Crippen LogP contribution in [-0.4, -0.2) is 82.8 Å². The predicted octanol–water partition coefficient (Wildman–Crippen LogP) is 3.95. The van der Waals surface area contributed by atoms with Gasteiger partial charge in [-0.15, -0.1) is 0 Å². The molecule has 210 valence electrons. The number of pyridine rings is 1. The average Bonchev–Trinajstić information content (AvgIpc) is 2.98. The van der Waals surface area contributed by atoms with Crippen LogP contribution in [0.1, 0.15) is 22.8 Å². The number of nitrogens with zero attached hydrogens (tertiary/aromatic N) is 5. The smallest absolute Gasteiger partial charge is 0.337 e. The maximum Gasteiger partial charge on any atom is 0.337 e. The Hall–Kier alpha value is -4.35. The maximum absolute atomic E-state index is 14.7. The van der Waals surface area contributed by atoms with Crippen LogP contribution in [0.2, 0.25) is 0 Å². The van der Waals surface area contributed by atoms with E-state index in [0.717, 1.165) is 26.2 Å². The summed E-state index contributed by atoms with van der Waals surface area (Å²) in [6, 6.07) is 9.74. The Kier molecular flexibility index (Phi) is 9.41. The zero-order valence-electron chi connectivity index (χ0n) is 22.8. The van der Waals surface area contributed by atoms with Crippen molar-refractivity contribution in [3.05, 3.63) is 71.9 Å². The molecular formula is C29H33FN6O4. The fourth-order valence-corrected chi connectivity index (χ4v) is 4.53. The van der Waals surface area contributed by atoms with E-state index in [1.54, 1.807) is 0 Å². The summed E-state index contributed by atoms with van der Waals surface area (Å²) in [6.45, 7) is 9.04. The van der Waals surface area contributed by atoms with Crippen molar-refractivity contribution in [1.82, 2.24) is 24.8 Å². The molecule has 0 radical (unpaired) electrons. The number of benzene rings is 2. The van der Waals surface area contributed by atoms with Crippen LogP contribution in [0.15, 0.2) is 55.0 Å². The molecule has 0 atom stereocenters. The summed E-state index contributed by atoms with van der Waals surface area (Å²) in [7, 11) is 2.81. The normalized spacial score (nSPS) is 13.9. The van der Waals surface area contributed by atoms with Gasteiger partial charge in [0.25, 0.3) is 0 Å². The number of rotatable bonds is 7. The first-order valence-electron chi connectivity index (χ1n) is 12.9. The fraction of sp³-hybridized carbons (Fsp3) is 0.310. The number of carboxylic acids is 1. The zero-order chi connectivity index (χ0) is 28.6. The molecule has 1 fully saturated rings.